The number of piperazine rings is 2. The van der Waals surface area contributed by atoms with E-state index < -0.39 is 11.7 Å². The topological polar surface area (TPSA) is 289 Å². The van der Waals surface area contributed by atoms with Crippen LogP contribution in [0.2, 0.25) is 20.1 Å². The molecular formula is C109H122Cl4F6N26. The lowest BCUT2D eigenvalue weighted by molar-refractivity contribution is -0.0222. The maximum absolute atomic E-state index is 16.4. The Morgan fingerprint density at radius 1 is 0.324 bits per heavy atom. The first-order valence-corrected chi connectivity index (χ1v) is 54.1. The van der Waals surface area contributed by atoms with E-state index in [1.54, 1.807) is 29.6 Å². The minimum atomic E-state index is -2.73. The first-order chi connectivity index (χ1) is 70.4. The zero-order valence-corrected chi connectivity index (χ0v) is 85.4. The lowest BCUT2D eigenvalue weighted by Crippen LogP contribution is -2.47. The average Bonchev–Trinajstić information content (AvgIpc) is 1.45. The van der Waals surface area contributed by atoms with Crippen molar-refractivity contribution in [1.82, 2.24) is 105 Å². The van der Waals surface area contributed by atoms with Gasteiger partial charge in [-0.05, 0) is 284 Å². The minimum absolute atomic E-state index is 0.0431. The number of fused-ring (bicyclic) bond motifs is 17. The summed E-state index contributed by atoms with van der Waals surface area (Å²) in [6, 6.07) is 25.9. The van der Waals surface area contributed by atoms with E-state index >= 15 is 17.6 Å². The third kappa shape index (κ3) is 19.6. The van der Waals surface area contributed by atoms with Gasteiger partial charge in [0.1, 0.15) is 22.8 Å². The van der Waals surface area contributed by atoms with Crippen molar-refractivity contribution in [3.63, 3.8) is 0 Å². The first kappa shape index (κ1) is 97.3. The van der Waals surface area contributed by atoms with Crippen molar-refractivity contribution in [2.24, 2.45) is 94.7 Å². The van der Waals surface area contributed by atoms with Crippen LogP contribution in [-0.2, 0) is 38.6 Å². The molecule has 0 spiro atoms. The van der Waals surface area contributed by atoms with E-state index in [2.05, 4.69) is 172 Å². The molecule has 30 rings (SSSR count). The summed E-state index contributed by atoms with van der Waals surface area (Å²) in [7, 11) is 2.09. The van der Waals surface area contributed by atoms with Crippen molar-refractivity contribution in [2.75, 3.05) is 104 Å². The summed E-state index contributed by atoms with van der Waals surface area (Å²) in [5.41, 5.74) is 10.1. The Morgan fingerprint density at radius 3 is 0.917 bits per heavy atom. The zero-order chi connectivity index (χ0) is 99.3. The third-order valence-corrected chi connectivity index (χ3v) is 36.6. The summed E-state index contributed by atoms with van der Waals surface area (Å²) in [5.74, 6) is 8.37. The van der Waals surface area contributed by atoms with Gasteiger partial charge in [-0.2, -0.15) is 20.4 Å². The summed E-state index contributed by atoms with van der Waals surface area (Å²) in [6.45, 7) is 17.0. The molecule has 12 aromatic heterocycles. The number of para-hydroxylation sites is 1. The summed E-state index contributed by atoms with van der Waals surface area (Å²) in [4.78, 5) is 67.7. The number of rotatable bonds is 17. The lowest BCUT2D eigenvalue weighted by atomic mass is 9.58. The van der Waals surface area contributed by atoms with Crippen LogP contribution in [0.3, 0.4) is 0 Å². The minimum Gasteiger partial charge on any atom is -0.368 e. The van der Waals surface area contributed by atoms with Crippen LogP contribution >= 0.6 is 46.4 Å². The van der Waals surface area contributed by atoms with Crippen molar-refractivity contribution in [3.05, 3.63) is 181 Å². The summed E-state index contributed by atoms with van der Waals surface area (Å²) < 4.78 is 92.4. The quantitative estimate of drug-likeness (QED) is 0.0616. The molecule has 758 valence electrons. The Bertz CT molecular complexity index is 7040. The molecule has 0 amide bonds. The lowest BCUT2D eigenvalue weighted by Gasteiger charge is -2.47. The second-order valence-electron chi connectivity index (χ2n) is 43.5. The van der Waals surface area contributed by atoms with Gasteiger partial charge in [-0.15, -0.1) is 0 Å². The molecule has 16 heterocycles. The van der Waals surface area contributed by atoms with Crippen LogP contribution in [0.25, 0.3) is 90.2 Å². The largest absolute Gasteiger partial charge is 0.368 e. The number of aromatic nitrogens is 20. The molecule has 4 N–H and O–H groups in total. The number of nitrogens with zero attached hydrogens (tertiary/aromatic N) is 22. The summed E-state index contributed by atoms with van der Waals surface area (Å²) in [5, 5.41) is 34.1. The van der Waals surface area contributed by atoms with E-state index in [4.69, 9.17) is 76.3 Å². The number of benzene rings is 2. The third-order valence-electron chi connectivity index (χ3n) is 35.8. The Hall–Kier alpha value is -11.1. The van der Waals surface area contributed by atoms with Crippen molar-refractivity contribution in [1.29, 1.82) is 0 Å². The maximum Gasteiger partial charge on any atom is 0.251 e. The highest BCUT2D eigenvalue weighted by Crippen LogP contribution is 2.55. The van der Waals surface area contributed by atoms with Crippen LogP contribution in [0.5, 0.6) is 0 Å². The second kappa shape index (κ2) is 40.9. The van der Waals surface area contributed by atoms with Crippen LogP contribution < -0.4 is 24.5 Å². The van der Waals surface area contributed by atoms with Crippen LogP contribution in [-0.4, -0.2) is 190 Å². The number of anilines is 5. The molecule has 8 atom stereocenters. The molecule has 12 aliphatic carbocycles. The van der Waals surface area contributed by atoms with Gasteiger partial charge < -0.3 is 29.4 Å². The number of alkyl halides is 2. The SMILES string of the molecule is CC1C2CCC(CC2)C1Cc1nc(-c2[nH]nc3ncc(Cl)cc23)nc(N2CCC(F)(F)CC2)c1F.CC1C2CCC(CC2)C1Cc1nc(-c2[nH]nc3ncc(Cl)cc23)nc(N2CCN(C)CC2)c1F.CC1C2CCC(CC2)C1Cc1nc(-c2[nH]nc3ncc(Cl)cc23)nc(N2CCN(c3ccccc3)CC2)c1F.CC1C2CCC(CC2)C1Cc1nc(-c2[nH]nc3ncc(Cl)cc23)nc(N2CCc3ccccc3C2)c1F. The van der Waals surface area contributed by atoms with Crippen LogP contribution in [0.1, 0.15) is 177 Å². The van der Waals surface area contributed by atoms with Crippen molar-refractivity contribution < 1.29 is 26.3 Å². The normalized spacial score (nSPS) is 26.4. The molecule has 3 saturated heterocycles. The first-order valence-electron chi connectivity index (χ1n) is 52.5. The van der Waals surface area contributed by atoms with E-state index in [0.717, 1.165) is 79.6 Å². The summed E-state index contributed by atoms with van der Waals surface area (Å²) >= 11 is 24.9. The summed E-state index contributed by atoms with van der Waals surface area (Å²) in [6.07, 6.45) is 29.2. The highest BCUT2D eigenvalue weighted by molar-refractivity contribution is 6.32. The molecule has 12 saturated carbocycles. The molecule has 36 heteroatoms. The fraction of sp³-hybridized carbons (Fsp3) is 0.523. The number of hydrogen-bond acceptors (Lipinski definition) is 22. The number of piperidine rings is 1. The average molecular weight is 2050 g/mol. The molecule has 8 unspecified atom stereocenters. The van der Waals surface area contributed by atoms with Crippen molar-refractivity contribution in [2.45, 2.75) is 188 Å². The molecule has 4 aliphatic heterocycles. The number of halogens is 10. The number of H-pyrrole nitrogens is 4. The van der Waals surface area contributed by atoms with Gasteiger partial charge in [0.15, 0.2) is 92.4 Å². The Balaban J connectivity index is 0.000000107. The van der Waals surface area contributed by atoms with Gasteiger partial charge in [0.25, 0.3) is 5.92 Å². The van der Waals surface area contributed by atoms with E-state index in [9.17, 15) is 8.78 Å². The van der Waals surface area contributed by atoms with Gasteiger partial charge in [0.2, 0.25) is 0 Å². The molecule has 2 aromatic carbocycles. The number of likely N-dealkylation sites (N-methyl/N-ethyl adjacent to an activating group) is 1. The molecule has 26 nitrogen and oxygen atoms in total. The fourth-order valence-corrected chi connectivity index (χ4v) is 27.9. The van der Waals surface area contributed by atoms with Crippen LogP contribution in [0.4, 0.5) is 55.3 Å². The number of nitrogens with one attached hydrogen (secondary N) is 4. The van der Waals surface area contributed by atoms with E-state index in [1.807, 2.05) is 30.3 Å². The van der Waals surface area contributed by atoms with E-state index in [-0.39, 0.29) is 55.0 Å². The predicted molar refractivity (Wildman–Crippen MR) is 555 cm³/mol. The van der Waals surface area contributed by atoms with Gasteiger partial charge >= 0.3 is 0 Å². The monoisotopic (exact) mass is 2050 g/mol. The smallest absolute Gasteiger partial charge is 0.251 e. The fourth-order valence-electron chi connectivity index (χ4n) is 27.3. The number of hydrogen-bond donors (Lipinski definition) is 4. The second-order valence-corrected chi connectivity index (χ2v) is 45.3. The maximum atomic E-state index is 16.4. The highest BCUT2D eigenvalue weighted by Gasteiger charge is 2.48. The molecule has 8 bridgehead atoms. The number of aromatic amines is 4. The van der Waals surface area contributed by atoms with Gasteiger partial charge in [0.05, 0.1) is 64.4 Å². The van der Waals surface area contributed by atoms with Crippen molar-refractivity contribution >= 4 is 119 Å². The molecular weight excluding hydrogens is 1930 g/mol. The Kier molecular flexibility index (Phi) is 27.4. The highest BCUT2D eigenvalue weighted by atomic mass is 35.5. The molecule has 145 heavy (non-hydrogen) atoms. The van der Waals surface area contributed by atoms with Gasteiger partial charge in [0, 0.05) is 122 Å². The van der Waals surface area contributed by atoms with Crippen LogP contribution in [0, 0.1) is 118 Å². The van der Waals surface area contributed by atoms with Gasteiger partial charge in [-0.1, -0.05) is 117 Å². The van der Waals surface area contributed by atoms with Gasteiger partial charge in [-0.3, -0.25) is 20.4 Å². The Morgan fingerprint density at radius 2 is 0.600 bits per heavy atom. The van der Waals surface area contributed by atoms with Crippen molar-refractivity contribution in [3.8, 4) is 46.1 Å². The molecule has 0 radical (unpaired) electrons. The Labute approximate surface area is 858 Å². The zero-order valence-electron chi connectivity index (χ0n) is 82.4. The van der Waals surface area contributed by atoms with Crippen LogP contribution in [0.15, 0.2) is 104 Å². The van der Waals surface area contributed by atoms with Gasteiger partial charge in [-0.25, -0.2) is 86.2 Å². The predicted octanol–water partition coefficient (Wildman–Crippen LogP) is 23.2. The number of pyridine rings is 4. The molecule has 16 aliphatic rings. The standard InChI is InChI=1S/C30H33ClFN7.C29H30ClFN6.C25H28ClF3N6.C25H31ClFN7/c1-18-19-7-9-20(10-8-19)23(18)16-25-26(32)30(39-13-11-38(12-14-39)22-5-3-2-4-6-22)35-29(34-25)27-24-15-21(31)17-33-28(24)37-36-27;1-16-17-6-8-19(9-7-17)22(16)13-24-25(31)29(37-11-10-18-4-2-3-5-20(18)15-37)34-28(33-24)26-23-12-21(30)14-32-27(23)36-35-26;1-13-14-2-4-15(5-3-14)17(13)11-19-20(27)24(35-8-6-25(28,29)7-9-35)32-23(31-19)21-18-10-16(26)12-30-22(18)34-33-21;1-14-15-3-5-16(6-4-15)18(14)12-20-21(27)25(34-9-7-33(2)8-10-34)30-24(29-20)22-19-11-17(26)13-28-23(19)32-31-22/h2-6,15,17-20,23H,7-14,16H2,1H3,(H,33,36,37);2-5,12,14,16-17,19,22H,6-11,13,15H2,1H3,(H,32,35,36);10,12-15,17H,2-9,11H2,1H3,(H,30,33,34);11,13-16,18H,3-10,12H2,1-2H3,(H,28,31,32). The van der Waals surface area contributed by atoms with E-state index in [1.165, 1.54) is 126 Å². The molecule has 15 fully saturated rings. The molecule has 14 aromatic rings. The van der Waals surface area contributed by atoms with E-state index in [0.29, 0.717) is 257 Å².